The lowest BCUT2D eigenvalue weighted by Gasteiger charge is -2.32. The number of hydrogen-bond acceptors (Lipinski definition) is 4. The number of benzene rings is 1. The van der Waals surface area contributed by atoms with E-state index in [0.29, 0.717) is 6.04 Å². The number of nitrogens with zero attached hydrogens (tertiary/aromatic N) is 1. The quantitative estimate of drug-likeness (QED) is 0.783. The molecule has 1 fully saturated rings. The highest BCUT2D eigenvalue weighted by Gasteiger charge is 2.22. The van der Waals surface area contributed by atoms with Gasteiger partial charge in [-0.05, 0) is 52.7 Å². The highest BCUT2D eigenvalue weighted by atomic mass is 16.2. The summed E-state index contributed by atoms with van der Waals surface area (Å²) in [5.74, 6) is -0.258. The molecule has 0 unspecified atom stereocenters. The largest absolute Gasteiger partial charge is 0.382 e. The molecule has 1 aromatic rings. The van der Waals surface area contributed by atoms with E-state index in [1.54, 1.807) is 0 Å². The average Bonchev–Trinajstić information content (AvgIpc) is 2.49. The maximum Gasteiger partial charge on any atom is 0.321 e. The molecule has 0 spiro atoms. The fourth-order valence-electron chi connectivity index (χ4n) is 2.86. The van der Waals surface area contributed by atoms with Gasteiger partial charge < -0.3 is 10.6 Å². The number of aryl methyl sites for hydroxylation is 1. The number of hydrogen-bond donors (Lipinski definition) is 3. The molecule has 1 saturated heterocycles. The van der Waals surface area contributed by atoms with Crippen LogP contribution in [-0.4, -0.2) is 48.1 Å². The van der Waals surface area contributed by atoms with Crippen LogP contribution in [0.2, 0.25) is 0 Å². The third-order valence-corrected chi connectivity index (χ3v) is 4.12. The minimum atomic E-state index is -0.437. The second-order valence-corrected chi connectivity index (χ2v) is 7.81. The molecule has 1 aliphatic rings. The number of piperidine rings is 1. The normalized spacial score (nSPS) is 16.3. The molecule has 0 saturated carbocycles. The van der Waals surface area contributed by atoms with Crippen molar-refractivity contribution in [2.24, 2.45) is 0 Å². The molecule has 0 aromatic heterocycles. The van der Waals surface area contributed by atoms with Crippen molar-refractivity contribution >= 4 is 17.6 Å². The zero-order chi connectivity index (χ0) is 18.4. The third-order valence-electron chi connectivity index (χ3n) is 4.12. The van der Waals surface area contributed by atoms with E-state index in [9.17, 15) is 9.59 Å². The van der Waals surface area contributed by atoms with E-state index < -0.39 is 6.03 Å². The maximum atomic E-state index is 12.0. The summed E-state index contributed by atoms with van der Waals surface area (Å²) in [5, 5.41) is 8.67. The number of amides is 3. The molecule has 138 valence electrons. The Morgan fingerprint density at radius 3 is 2.28 bits per heavy atom. The molecule has 6 heteroatoms. The lowest BCUT2D eigenvalue weighted by molar-refractivity contribution is -0.121. The van der Waals surface area contributed by atoms with Crippen LogP contribution in [0, 0.1) is 6.92 Å². The predicted molar refractivity (Wildman–Crippen MR) is 101 cm³/mol. The van der Waals surface area contributed by atoms with Crippen molar-refractivity contribution in [1.82, 2.24) is 15.5 Å². The van der Waals surface area contributed by atoms with Gasteiger partial charge in [0, 0.05) is 30.4 Å². The number of anilines is 1. The maximum absolute atomic E-state index is 12.0. The first kappa shape index (κ1) is 19.2. The van der Waals surface area contributed by atoms with E-state index in [0.717, 1.165) is 31.6 Å². The number of carbonyl (C=O) groups is 2. The summed E-state index contributed by atoms with van der Waals surface area (Å²) >= 11 is 0. The Hall–Kier alpha value is -2.08. The van der Waals surface area contributed by atoms with E-state index in [1.165, 1.54) is 5.56 Å². The SMILES string of the molecule is Cc1ccc(NC2CCN(CC(=O)NC(=O)NC(C)(C)C)CC2)cc1. The van der Waals surface area contributed by atoms with Gasteiger partial charge in [0.25, 0.3) is 0 Å². The number of nitrogens with one attached hydrogen (secondary N) is 3. The fraction of sp³-hybridized carbons (Fsp3) is 0.579. The zero-order valence-electron chi connectivity index (χ0n) is 15.7. The van der Waals surface area contributed by atoms with Crippen LogP contribution in [0.25, 0.3) is 0 Å². The second kappa shape index (κ2) is 8.34. The topological polar surface area (TPSA) is 73.5 Å². The molecule has 1 aliphatic heterocycles. The summed E-state index contributed by atoms with van der Waals surface area (Å²) in [6.45, 7) is 9.66. The van der Waals surface area contributed by atoms with E-state index in [2.05, 4.69) is 52.0 Å². The van der Waals surface area contributed by atoms with Crippen molar-refractivity contribution in [2.75, 3.05) is 25.0 Å². The van der Waals surface area contributed by atoms with Crippen molar-refractivity contribution in [3.8, 4) is 0 Å². The van der Waals surface area contributed by atoms with E-state index in [1.807, 2.05) is 20.8 Å². The molecule has 0 aliphatic carbocycles. The molecule has 1 aromatic carbocycles. The molecule has 0 bridgehead atoms. The number of urea groups is 1. The Morgan fingerprint density at radius 1 is 1.12 bits per heavy atom. The Bertz CT molecular complexity index is 584. The fourth-order valence-corrected chi connectivity index (χ4v) is 2.86. The summed E-state index contributed by atoms with van der Waals surface area (Å²) in [7, 11) is 0. The first-order valence-corrected chi connectivity index (χ1v) is 8.89. The van der Waals surface area contributed by atoms with Gasteiger partial charge in [0.2, 0.25) is 5.91 Å². The highest BCUT2D eigenvalue weighted by molar-refractivity contribution is 5.95. The van der Waals surface area contributed by atoms with Gasteiger partial charge in [0.1, 0.15) is 0 Å². The summed E-state index contributed by atoms with van der Waals surface area (Å²) in [6.07, 6.45) is 1.96. The molecule has 3 amide bonds. The standard InChI is InChI=1S/C19H30N4O2/c1-14-5-7-15(8-6-14)20-16-9-11-23(12-10-16)13-17(24)21-18(25)22-19(2,3)4/h5-8,16,20H,9-13H2,1-4H3,(H2,21,22,24,25). The molecule has 25 heavy (non-hydrogen) atoms. The zero-order valence-corrected chi connectivity index (χ0v) is 15.7. The summed E-state index contributed by atoms with van der Waals surface area (Å²) in [5.41, 5.74) is 2.03. The Balaban J connectivity index is 1.70. The van der Waals surface area contributed by atoms with Crippen LogP contribution < -0.4 is 16.0 Å². The molecule has 6 nitrogen and oxygen atoms in total. The van der Waals surface area contributed by atoms with Gasteiger partial charge in [0.15, 0.2) is 0 Å². The van der Waals surface area contributed by atoms with Crippen LogP contribution >= 0.6 is 0 Å². The van der Waals surface area contributed by atoms with Gasteiger partial charge in [-0.2, -0.15) is 0 Å². The molecule has 2 rings (SSSR count). The average molecular weight is 346 g/mol. The van der Waals surface area contributed by atoms with Crippen LogP contribution in [0.4, 0.5) is 10.5 Å². The second-order valence-electron chi connectivity index (χ2n) is 7.81. The number of rotatable bonds is 4. The monoisotopic (exact) mass is 346 g/mol. The van der Waals surface area contributed by atoms with Gasteiger partial charge in [-0.3, -0.25) is 15.0 Å². The molecule has 3 N–H and O–H groups in total. The number of carbonyl (C=O) groups excluding carboxylic acids is 2. The minimum Gasteiger partial charge on any atom is -0.382 e. The van der Waals surface area contributed by atoms with E-state index in [-0.39, 0.29) is 18.0 Å². The van der Waals surface area contributed by atoms with Crippen molar-refractivity contribution in [1.29, 1.82) is 0 Å². The van der Waals surface area contributed by atoms with Gasteiger partial charge in [0.05, 0.1) is 6.54 Å². The Labute approximate surface area is 150 Å². The molecular weight excluding hydrogens is 316 g/mol. The first-order valence-electron chi connectivity index (χ1n) is 8.89. The third kappa shape index (κ3) is 7.13. The number of imide groups is 1. The van der Waals surface area contributed by atoms with E-state index in [4.69, 9.17) is 0 Å². The van der Waals surface area contributed by atoms with Crippen molar-refractivity contribution in [3.63, 3.8) is 0 Å². The van der Waals surface area contributed by atoms with Gasteiger partial charge in [-0.25, -0.2) is 4.79 Å². The molecular formula is C19H30N4O2. The van der Waals surface area contributed by atoms with Crippen molar-refractivity contribution in [3.05, 3.63) is 29.8 Å². The van der Waals surface area contributed by atoms with Crippen molar-refractivity contribution < 1.29 is 9.59 Å². The van der Waals surface area contributed by atoms with E-state index >= 15 is 0 Å². The highest BCUT2D eigenvalue weighted by Crippen LogP contribution is 2.17. The van der Waals surface area contributed by atoms with Crippen LogP contribution in [-0.2, 0) is 4.79 Å². The van der Waals surface area contributed by atoms with Crippen molar-refractivity contribution in [2.45, 2.75) is 52.1 Å². The molecule has 0 atom stereocenters. The first-order chi connectivity index (χ1) is 11.7. The van der Waals surface area contributed by atoms with Gasteiger partial charge >= 0.3 is 6.03 Å². The summed E-state index contributed by atoms with van der Waals surface area (Å²) in [6, 6.07) is 8.39. The predicted octanol–water partition coefficient (Wildman–Crippen LogP) is 2.50. The van der Waals surface area contributed by atoms with Crippen LogP contribution in [0.1, 0.15) is 39.2 Å². The van der Waals surface area contributed by atoms with Crippen LogP contribution in [0.15, 0.2) is 24.3 Å². The summed E-state index contributed by atoms with van der Waals surface area (Å²) in [4.78, 5) is 25.8. The van der Waals surface area contributed by atoms with Crippen LogP contribution in [0.5, 0.6) is 0 Å². The lowest BCUT2D eigenvalue weighted by atomic mass is 10.0. The van der Waals surface area contributed by atoms with Gasteiger partial charge in [-0.15, -0.1) is 0 Å². The summed E-state index contributed by atoms with van der Waals surface area (Å²) < 4.78 is 0. The Morgan fingerprint density at radius 2 is 1.72 bits per heavy atom. The molecule has 1 heterocycles. The smallest absolute Gasteiger partial charge is 0.321 e. The Kier molecular flexibility index (Phi) is 6.42. The van der Waals surface area contributed by atoms with Gasteiger partial charge in [-0.1, -0.05) is 17.7 Å². The van der Waals surface area contributed by atoms with Crippen LogP contribution in [0.3, 0.4) is 0 Å². The lowest BCUT2D eigenvalue weighted by Crippen LogP contribution is -2.51. The number of likely N-dealkylation sites (tertiary alicyclic amines) is 1. The minimum absolute atomic E-state index is 0.258. The molecule has 0 radical (unpaired) electrons.